The van der Waals surface area contributed by atoms with Crippen LogP contribution < -0.4 is 67.6 Å². The van der Waals surface area contributed by atoms with Crippen LogP contribution in [0, 0.1) is 59.8 Å². The SMILES string of the molecule is CC(C)CCC(=O)NCc1cnco1.CC(C)CCC(=O)NCc1ncco1.CC(C)CCC(=O)Nc1cncnc1.CC(C)CCC(=O)Nc1nccc(=O)[nH]1.CC(C)CCC(=O)Nc1ncccn1.COc1ccc(NC(=O)CCC(C)C)nn1.COc1ccnc(NC(=O)CCC(C)C)n1.COc1cncc(NC(=O)CCC(C)C)n1.[C-]#[N+]c1ncc(NC(=O)CCC(C)C)cn1. The normalized spacial score (nSPS) is 10.3. The number of aromatic nitrogens is 16. The Morgan fingerprint density at radius 3 is 1.21 bits per heavy atom. The van der Waals surface area contributed by atoms with E-state index >= 15 is 0 Å². The van der Waals surface area contributed by atoms with E-state index in [2.05, 4.69) is 257 Å². The van der Waals surface area contributed by atoms with Gasteiger partial charge >= 0.3 is 5.95 Å². The predicted octanol–water partition coefficient (Wildman–Crippen LogP) is 16.3. The van der Waals surface area contributed by atoms with Gasteiger partial charge in [0.05, 0.1) is 77.3 Å². The lowest BCUT2D eigenvalue weighted by Crippen LogP contribution is -2.22. The molecule has 9 rings (SSSR count). The number of hydrogen-bond donors (Lipinski definition) is 10. The van der Waals surface area contributed by atoms with E-state index in [4.69, 9.17) is 29.6 Å². The van der Waals surface area contributed by atoms with E-state index in [-0.39, 0.29) is 76.6 Å². The summed E-state index contributed by atoms with van der Waals surface area (Å²) in [5.41, 5.74) is 0.909. The van der Waals surface area contributed by atoms with Gasteiger partial charge in [-0.2, -0.15) is 19.9 Å². The van der Waals surface area contributed by atoms with Gasteiger partial charge < -0.3 is 59.8 Å². The highest BCUT2D eigenvalue weighted by Crippen LogP contribution is 2.17. The lowest BCUT2D eigenvalue weighted by molar-refractivity contribution is -0.122. The van der Waals surface area contributed by atoms with Crippen LogP contribution >= 0.6 is 0 Å². The molecule has 0 fully saturated rings. The molecular formula is C94H142N26O15. The Kier molecular flexibility index (Phi) is 63.9. The van der Waals surface area contributed by atoms with Gasteiger partial charge in [0.15, 0.2) is 18.0 Å². The number of nitrogens with zero attached hydrogens (tertiary/aromatic N) is 16. The number of methoxy groups -OCH3 is 3. The van der Waals surface area contributed by atoms with Gasteiger partial charge in [0, 0.05) is 101 Å². The van der Waals surface area contributed by atoms with Crippen LogP contribution in [-0.2, 0) is 56.2 Å². The zero-order valence-corrected chi connectivity index (χ0v) is 82.2. The highest BCUT2D eigenvalue weighted by atomic mass is 16.5. The van der Waals surface area contributed by atoms with Gasteiger partial charge in [0.2, 0.25) is 94.5 Å². The number of amides is 9. The molecule has 41 nitrogen and oxygen atoms in total. The highest BCUT2D eigenvalue weighted by molar-refractivity contribution is 5.93. The molecule has 0 aliphatic rings. The summed E-state index contributed by atoms with van der Waals surface area (Å²) >= 11 is 0. The first-order valence-electron chi connectivity index (χ1n) is 45.0. The largest absolute Gasteiger partial charge is 0.481 e. The van der Waals surface area contributed by atoms with E-state index < -0.39 is 0 Å². The van der Waals surface area contributed by atoms with Crippen molar-refractivity contribution in [1.29, 1.82) is 0 Å². The second-order valence-corrected chi connectivity index (χ2v) is 33.9. The van der Waals surface area contributed by atoms with E-state index in [1.54, 1.807) is 67.6 Å². The third-order valence-electron chi connectivity index (χ3n) is 17.3. The first kappa shape index (κ1) is 119. The molecule has 0 radical (unpaired) electrons. The molecule has 41 heteroatoms. The van der Waals surface area contributed by atoms with E-state index in [1.165, 1.54) is 77.4 Å². The Hall–Kier alpha value is -14.1. The van der Waals surface area contributed by atoms with Gasteiger partial charge in [0.1, 0.15) is 36.4 Å². The maximum Gasteiger partial charge on any atom is 0.371 e. The zero-order valence-electron chi connectivity index (χ0n) is 82.2. The number of rotatable bonds is 41. The zero-order chi connectivity index (χ0) is 101. The van der Waals surface area contributed by atoms with Gasteiger partial charge in [0.25, 0.3) is 5.56 Å². The van der Waals surface area contributed by atoms with Crippen molar-refractivity contribution in [3.8, 4) is 17.6 Å². The van der Waals surface area contributed by atoms with E-state index in [1.807, 2.05) is 0 Å². The quantitative estimate of drug-likeness (QED) is 0.0159. The fraction of sp³-hybridized carbons (Fsp3) is 0.532. The third-order valence-corrected chi connectivity index (χ3v) is 17.3. The monoisotopic (exact) mass is 1880 g/mol. The number of anilines is 7. The molecule has 9 aromatic rings. The summed E-state index contributed by atoms with van der Waals surface area (Å²) in [5, 5.41) is 31.7. The lowest BCUT2D eigenvalue weighted by Gasteiger charge is -2.06. The molecule has 738 valence electrons. The van der Waals surface area contributed by atoms with E-state index in [0.29, 0.717) is 182 Å². The Labute approximate surface area is 792 Å². The second-order valence-electron chi connectivity index (χ2n) is 33.9. The number of ether oxygens (including phenoxy) is 3. The van der Waals surface area contributed by atoms with E-state index in [9.17, 15) is 47.9 Å². The van der Waals surface area contributed by atoms with Gasteiger partial charge in [-0.05, 0) is 123 Å². The van der Waals surface area contributed by atoms with Gasteiger partial charge in [-0.1, -0.05) is 125 Å². The summed E-state index contributed by atoms with van der Waals surface area (Å²) in [7, 11) is 4.55. The summed E-state index contributed by atoms with van der Waals surface area (Å²) in [6.45, 7) is 45.0. The van der Waals surface area contributed by atoms with Crippen LogP contribution in [0.1, 0.15) is 252 Å². The molecule has 0 aliphatic carbocycles. The second kappa shape index (κ2) is 72.5. The Balaban J connectivity index is 0.000000760. The van der Waals surface area contributed by atoms with Crippen LogP contribution in [0.3, 0.4) is 0 Å². The minimum atomic E-state index is -0.274. The molecule has 9 aromatic heterocycles. The number of H-pyrrole nitrogens is 1. The Morgan fingerprint density at radius 2 is 0.793 bits per heavy atom. The van der Waals surface area contributed by atoms with Gasteiger partial charge in [-0.3, -0.25) is 73.9 Å². The Bertz CT molecular complexity index is 4640. The minimum absolute atomic E-state index is 0.0218. The molecular weight excluding hydrogens is 1730 g/mol. The fourth-order valence-corrected chi connectivity index (χ4v) is 9.53. The number of carbonyl (C=O) groups excluding carboxylic acids is 9. The third kappa shape index (κ3) is 67.7. The standard InChI is InChI=1S/C11H14N4O.3C11H17N3O2.C10H15N3O2.2C10H15N3O.2C10H16N2O2/c1-8(2)4-5-10(16)15-9-6-13-11(12-3)14-7-9;1-8(2)4-6-10(15)12-9-5-7-11(16-3)14-13-9;1-8(2)4-5-10(15)13-9-6-12-7-11(14-9)16-3;1-8(2)4-5-9(15)13-11-12-7-6-10(14-11)16-3;1-7(2)3-4-8(14)12-10-11-6-5-9(15)13-10;1-8(2)4-5-9(14)13-10-11-6-3-7-12-10;1-8(2)3-4-10(14)13-9-5-11-7-12-6-9;1-8(2)3-4-10(13)12-6-9-5-11-7-14-9;1-8(2)3-4-9(13)12-7-10-11-5-6-14-10/h6-8H,4-5H2,1-2H3,(H,15,16);5,7-8H,4,6H2,1-3H3,(H,12,13,15);6-8H,4-5H2,1-3H3,(H,13,14,15);6-8H,4-5H2,1-3H3,(H,12,13,14,15);5-7H,3-4H2,1-2H3,(H2,11,12,13,14,15);3,6-8H,4-5H2,1-2H3,(H,11,12,13,14);5-8H,3-4H2,1-2H3,(H,13,14);5,7-8H,3-4,6H2,1-2H3,(H,12,13);5-6,8H,3-4,7H2,1-2H3,(H,12,13). The molecule has 0 aliphatic heterocycles. The van der Waals surface area contributed by atoms with Crippen LogP contribution in [0.2, 0.25) is 0 Å². The molecule has 10 N–H and O–H groups in total. The van der Waals surface area contributed by atoms with Crippen molar-refractivity contribution in [1.82, 2.24) is 90.6 Å². The van der Waals surface area contributed by atoms with Crippen molar-refractivity contribution in [3.63, 3.8) is 0 Å². The van der Waals surface area contributed by atoms with E-state index in [0.717, 1.165) is 57.8 Å². The Morgan fingerprint density at radius 1 is 0.370 bits per heavy atom. The first-order chi connectivity index (χ1) is 64.3. The number of nitrogens with one attached hydrogen (secondary N) is 10. The summed E-state index contributed by atoms with van der Waals surface area (Å²) in [5.74, 6) is 8.86. The van der Waals surface area contributed by atoms with Gasteiger partial charge in [-0.15, -0.1) is 16.8 Å². The number of oxazole rings is 2. The summed E-state index contributed by atoms with van der Waals surface area (Å²) in [6.07, 6.45) is 35.1. The molecule has 9 amide bonds. The molecule has 0 saturated heterocycles. The molecule has 0 aromatic carbocycles. The van der Waals surface area contributed by atoms with Crippen molar-refractivity contribution in [2.75, 3.05) is 58.5 Å². The maximum absolute atomic E-state index is 11.5. The summed E-state index contributed by atoms with van der Waals surface area (Å²) in [6, 6.07) is 7.96. The molecule has 0 saturated carbocycles. The molecule has 9 heterocycles. The number of hydrogen-bond acceptors (Lipinski definition) is 30. The molecule has 0 atom stereocenters. The minimum Gasteiger partial charge on any atom is -0.481 e. The predicted molar refractivity (Wildman–Crippen MR) is 517 cm³/mol. The smallest absolute Gasteiger partial charge is 0.371 e. The molecule has 135 heavy (non-hydrogen) atoms. The maximum atomic E-state index is 11.5. The van der Waals surface area contributed by atoms with Crippen molar-refractivity contribution in [2.24, 2.45) is 53.3 Å². The van der Waals surface area contributed by atoms with Crippen LogP contribution in [0.25, 0.3) is 4.85 Å². The molecule has 0 unspecified atom stereocenters. The number of carbonyl (C=O) groups is 9. The highest BCUT2D eigenvalue weighted by Gasteiger charge is 2.14. The average molecular weight is 1880 g/mol. The first-order valence-corrected chi connectivity index (χ1v) is 45.0. The van der Waals surface area contributed by atoms with Crippen molar-refractivity contribution in [3.05, 3.63) is 157 Å². The molecule has 0 bridgehead atoms. The summed E-state index contributed by atoms with van der Waals surface area (Å²) < 4.78 is 24.7. The lowest BCUT2D eigenvalue weighted by atomic mass is 10.1. The average Bonchev–Trinajstić information content (AvgIpc) is 1.75. The van der Waals surface area contributed by atoms with Crippen LogP contribution in [0.4, 0.5) is 46.8 Å². The van der Waals surface area contributed by atoms with Crippen molar-refractivity contribution < 1.29 is 66.2 Å². The van der Waals surface area contributed by atoms with Gasteiger partial charge in [-0.25, -0.2) is 39.9 Å². The van der Waals surface area contributed by atoms with Crippen LogP contribution in [0.5, 0.6) is 17.6 Å². The molecule has 0 spiro atoms. The van der Waals surface area contributed by atoms with Crippen LogP contribution in [-0.4, -0.2) is 154 Å². The van der Waals surface area contributed by atoms with Crippen LogP contribution in [0.15, 0.2) is 137 Å². The topological polar surface area (TPSA) is 546 Å². The number of aromatic amines is 1. The summed E-state index contributed by atoms with van der Waals surface area (Å²) in [4.78, 5) is 169. The van der Waals surface area contributed by atoms with Crippen molar-refractivity contribution >= 4 is 100.0 Å². The fourth-order valence-electron chi connectivity index (χ4n) is 9.53. The van der Waals surface area contributed by atoms with Crippen molar-refractivity contribution in [2.45, 2.75) is 253 Å².